The van der Waals surface area contributed by atoms with Crippen LogP contribution in [0.4, 0.5) is 0 Å². The summed E-state index contributed by atoms with van der Waals surface area (Å²) < 4.78 is 6.05. The standard InChI is InChI=1S/C28H29ClN4O2S/c1-16-7-6-10-23(17(16)2)31-26(34)18(3)36-28-33-32-27(35-28)22-15-25(19-11-13-20(29)14-12-19)30-24-9-5-4-8-21(22)24/h4-5,8-9,11-18,23H,6-7,10H2,1-3H3,(H,31,34)/t16-,17-,18+,23-/m1/s1. The molecule has 4 aromatic rings. The summed E-state index contributed by atoms with van der Waals surface area (Å²) in [5.74, 6) is 1.50. The van der Waals surface area contributed by atoms with Gasteiger partial charge in [0.1, 0.15) is 0 Å². The van der Waals surface area contributed by atoms with Gasteiger partial charge in [-0.3, -0.25) is 4.79 Å². The average Bonchev–Trinajstić information content (AvgIpc) is 3.34. The second-order valence-electron chi connectivity index (χ2n) is 9.59. The van der Waals surface area contributed by atoms with Gasteiger partial charge in [-0.05, 0) is 49.4 Å². The first kappa shape index (κ1) is 24.8. The maximum absolute atomic E-state index is 12.9. The molecular formula is C28H29ClN4O2S. The van der Waals surface area contributed by atoms with Crippen LogP contribution in [-0.4, -0.2) is 32.4 Å². The lowest BCUT2D eigenvalue weighted by Gasteiger charge is -2.35. The Morgan fingerprint density at radius 3 is 2.69 bits per heavy atom. The van der Waals surface area contributed by atoms with Crippen LogP contribution in [0.2, 0.25) is 5.02 Å². The van der Waals surface area contributed by atoms with Crippen molar-refractivity contribution in [1.29, 1.82) is 0 Å². The fourth-order valence-electron chi connectivity index (χ4n) is 4.78. The highest BCUT2D eigenvalue weighted by Crippen LogP contribution is 2.34. The minimum Gasteiger partial charge on any atom is -0.411 e. The third-order valence-corrected chi connectivity index (χ3v) is 8.36. The molecule has 186 valence electrons. The molecule has 0 bridgehead atoms. The van der Waals surface area contributed by atoms with Crippen molar-refractivity contribution in [1.82, 2.24) is 20.5 Å². The molecule has 0 spiro atoms. The number of carbonyl (C=O) groups is 1. The normalized spacial score (nSPS) is 20.8. The van der Waals surface area contributed by atoms with Gasteiger partial charge in [0, 0.05) is 22.0 Å². The Balaban J connectivity index is 1.37. The van der Waals surface area contributed by atoms with E-state index in [-0.39, 0.29) is 17.2 Å². The van der Waals surface area contributed by atoms with Crippen LogP contribution in [0.25, 0.3) is 33.6 Å². The highest BCUT2D eigenvalue weighted by molar-refractivity contribution is 8.00. The van der Waals surface area contributed by atoms with E-state index in [1.165, 1.54) is 18.2 Å². The second kappa shape index (κ2) is 10.6. The van der Waals surface area contributed by atoms with Crippen molar-refractivity contribution in [3.05, 3.63) is 59.6 Å². The zero-order valence-electron chi connectivity index (χ0n) is 20.6. The van der Waals surface area contributed by atoms with Crippen LogP contribution < -0.4 is 5.32 Å². The van der Waals surface area contributed by atoms with Crippen LogP contribution in [0.3, 0.4) is 0 Å². The molecule has 1 saturated carbocycles. The minimum atomic E-state index is -0.346. The molecule has 6 nitrogen and oxygen atoms in total. The lowest BCUT2D eigenvalue weighted by atomic mass is 9.78. The maximum Gasteiger partial charge on any atom is 0.277 e. The van der Waals surface area contributed by atoms with Crippen molar-refractivity contribution < 1.29 is 9.21 Å². The molecule has 0 unspecified atom stereocenters. The predicted octanol–water partition coefficient (Wildman–Crippen LogP) is 7.03. The summed E-state index contributed by atoms with van der Waals surface area (Å²) in [5.41, 5.74) is 3.36. The first-order chi connectivity index (χ1) is 17.4. The number of amides is 1. The van der Waals surface area contributed by atoms with E-state index < -0.39 is 0 Å². The maximum atomic E-state index is 12.9. The van der Waals surface area contributed by atoms with Crippen LogP contribution in [0.15, 0.2) is 64.2 Å². The molecule has 0 radical (unpaired) electrons. The SMILES string of the molecule is C[C@@H]1[C@H](C)CCC[C@H]1NC(=O)[C@H](C)Sc1nnc(-c2cc(-c3ccc(Cl)cc3)nc3ccccc23)o1. The fraction of sp³-hybridized carbons (Fsp3) is 0.357. The largest absolute Gasteiger partial charge is 0.411 e. The number of nitrogens with one attached hydrogen (secondary N) is 1. The number of carbonyl (C=O) groups excluding carboxylic acids is 1. The topological polar surface area (TPSA) is 80.9 Å². The molecule has 2 aromatic heterocycles. The summed E-state index contributed by atoms with van der Waals surface area (Å²) in [7, 11) is 0. The predicted molar refractivity (Wildman–Crippen MR) is 145 cm³/mol. The molecule has 36 heavy (non-hydrogen) atoms. The molecule has 1 fully saturated rings. The highest BCUT2D eigenvalue weighted by atomic mass is 35.5. The molecule has 1 aliphatic rings. The van der Waals surface area contributed by atoms with E-state index in [9.17, 15) is 4.79 Å². The number of hydrogen-bond acceptors (Lipinski definition) is 6. The van der Waals surface area contributed by atoms with E-state index in [2.05, 4.69) is 29.4 Å². The molecule has 2 heterocycles. The van der Waals surface area contributed by atoms with Crippen molar-refractivity contribution in [2.24, 2.45) is 11.8 Å². The van der Waals surface area contributed by atoms with Gasteiger partial charge in [-0.2, -0.15) is 0 Å². The average molecular weight is 521 g/mol. The number of para-hydroxylation sites is 1. The van der Waals surface area contributed by atoms with E-state index in [0.29, 0.717) is 28.0 Å². The van der Waals surface area contributed by atoms with Gasteiger partial charge in [-0.25, -0.2) is 4.98 Å². The Labute approximate surface area is 220 Å². The molecule has 0 saturated heterocycles. The van der Waals surface area contributed by atoms with Gasteiger partial charge >= 0.3 is 0 Å². The lowest BCUT2D eigenvalue weighted by Crippen LogP contribution is -2.46. The zero-order chi connectivity index (χ0) is 25.2. The first-order valence-electron chi connectivity index (χ1n) is 12.4. The summed E-state index contributed by atoms with van der Waals surface area (Å²) in [5, 5.41) is 13.4. The number of fused-ring (bicyclic) bond motifs is 1. The molecular weight excluding hydrogens is 492 g/mol. The monoisotopic (exact) mass is 520 g/mol. The minimum absolute atomic E-state index is 0.00471. The number of pyridine rings is 1. The van der Waals surface area contributed by atoms with E-state index in [0.717, 1.165) is 40.6 Å². The van der Waals surface area contributed by atoms with Crippen LogP contribution in [0.5, 0.6) is 0 Å². The quantitative estimate of drug-likeness (QED) is 0.275. The Hall–Kier alpha value is -2.90. The Morgan fingerprint density at radius 2 is 1.89 bits per heavy atom. The third-order valence-electron chi connectivity index (χ3n) is 7.17. The van der Waals surface area contributed by atoms with Gasteiger partial charge in [-0.1, -0.05) is 80.4 Å². The van der Waals surface area contributed by atoms with Crippen molar-refractivity contribution in [3.63, 3.8) is 0 Å². The molecule has 2 aromatic carbocycles. The molecule has 8 heteroatoms. The highest BCUT2D eigenvalue weighted by Gasteiger charge is 2.30. The molecule has 0 aliphatic heterocycles. The van der Waals surface area contributed by atoms with Crippen LogP contribution in [0, 0.1) is 11.8 Å². The van der Waals surface area contributed by atoms with E-state index in [1.54, 1.807) is 0 Å². The van der Waals surface area contributed by atoms with Gasteiger partial charge in [-0.15, -0.1) is 10.2 Å². The zero-order valence-corrected chi connectivity index (χ0v) is 22.1. The summed E-state index contributed by atoms with van der Waals surface area (Å²) >= 11 is 7.35. The molecule has 1 amide bonds. The number of nitrogens with zero attached hydrogens (tertiary/aromatic N) is 3. The molecule has 4 atom stereocenters. The number of halogens is 1. The van der Waals surface area contributed by atoms with Gasteiger partial charge in [0.05, 0.1) is 22.0 Å². The summed E-state index contributed by atoms with van der Waals surface area (Å²) in [6.07, 6.45) is 3.42. The Morgan fingerprint density at radius 1 is 1.11 bits per heavy atom. The molecule has 1 aliphatic carbocycles. The van der Waals surface area contributed by atoms with Gasteiger partial charge < -0.3 is 9.73 Å². The van der Waals surface area contributed by atoms with Gasteiger partial charge in [0.15, 0.2) is 0 Å². The van der Waals surface area contributed by atoms with Crippen molar-refractivity contribution in [3.8, 4) is 22.7 Å². The van der Waals surface area contributed by atoms with Crippen LogP contribution in [-0.2, 0) is 4.79 Å². The van der Waals surface area contributed by atoms with Gasteiger partial charge in [0.25, 0.3) is 5.22 Å². The smallest absolute Gasteiger partial charge is 0.277 e. The fourth-order valence-corrected chi connectivity index (χ4v) is 5.60. The Bertz CT molecular complexity index is 1370. The number of hydrogen-bond donors (Lipinski definition) is 1. The van der Waals surface area contributed by atoms with Crippen molar-refractivity contribution in [2.75, 3.05) is 0 Å². The van der Waals surface area contributed by atoms with Crippen molar-refractivity contribution in [2.45, 2.75) is 56.5 Å². The van der Waals surface area contributed by atoms with Crippen molar-refractivity contribution >= 4 is 40.2 Å². The number of thioether (sulfide) groups is 1. The van der Waals surface area contributed by atoms with E-state index >= 15 is 0 Å². The summed E-state index contributed by atoms with van der Waals surface area (Å²) in [6, 6.07) is 17.6. The first-order valence-corrected chi connectivity index (χ1v) is 13.6. The second-order valence-corrected chi connectivity index (χ2v) is 11.3. The number of benzene rings is 2. The van der Waals surface area contributed by atoms with Crippen LogP contribution >= 0.6 is 23.4 Å². The Kier molecular flexibility index (Phi) is 7.30. The van der Waals surface area contributed by atoms with Crippen LogP contribution in [0.1, 0.15) is 40.0 Å². The molecule has 5 rings (SSSR count). The van der Waals surface area contributed by atoms with Gasteiger partial charge in [0.2, 0.25) is 11.8 Å². The molecule has 1 N–H and O–H groups in total. The third kappa shape index (κ3) is 5.27. The number of aromatic nitrogens is 3. The summed E-state index contributed by atoms with van der Waals surface area (Å²) in [4.78, 5) is 17.7. The van der Waals surface area contributed by atoms with E-state index in [1.807, 2.05) is 61.5 Å². The summed E-state index contributed by atoms with van der Waals surface area (Å²) in [6.45, 7) is 6.37. The van der Waals surface area contributed by atoms with E-state index in [4.69, 9.17) is 21.0 Å². The lowest BCUT2D eigenvalue weighted by molar-refractivity contribution is -0.121. The number of rotatable bonds is 6.